The Hall–Kier alpha value is -0.930. The number of rotatable bonds is 4. The summed E-state index contributed by atoms with van der Waals surface area (Å²) in [5.74, 6) is 0.293. The number of nitrogens with one attached hydrogen (secondary N) is 1. The normalized spacial score (nSPS) is 14.7. The third kappa shape index (κ3) is 3.79. The highest BCUT2D eigenvalue weighted by atomic mass is 32.2. The lowest BCUT2D eigenvalue weighted by atomic mass is 10.5. The molecule has 0 saturated heterocycles. The van der Waals surface area contributed by atoms with Crippen molar-refractivity contribution in [1.82, 2.24) is 10.2 Å². The van der Waals surface area contributed by atoms with Crippen LogP contribution in [0.5, 0.6) is 0 Å². The number of aryl methyl sites for hydroxylation is 1. The fourth-order valence-electron chi connectivity index (χ4n) is 1.09. The summed E-state index contributed by atoms with van der Waals surface area (Å²) in [6, 6.07) is 0. The van der Waals surface area contributed by atoms with E-state index in [9.17, 15) is 9.59 Å². The van der Waals surface area contributed by atoms with Gasteiger partial charge < -0.3 is 0 Å². The SMILES string of the molecule is CCc1nnc(NC(=O)CSC2=NC(=O)CS2)s1. The molecule has 6 nitrogen and oxygen atoms in total. The summed E-state index contributed by atoms with van der Waals surface area (Å²) in [6.45, 7) is 1.98. The third-order valence-corrected chi connectivity index (χ3v) is 5.04. The summed E-state index contributed by atoms with van der Waals surface area (Å²) in [6.07, 6.45) is 0.803. The smallest absolute Gasteiger partial charge is 0.257 e. The third-order valence-electron chi connectivity index (χ3n) is 1.88. The van der Waals surface area contributed by atoms with Crippen molar-refractivity contribution in [2.45, 2.75) is 13.3 Å². The van der Waals surface area contributed by atoms with Crippen molar-refractivity contribution >= 4 is 56.2 Å². The van der Waals surface area contributed by atoms with Gasteiger partial charge in [-0.2, -0.15) is 4.99 Å². The molecule has 0 spiro atoms. The molecule has 0 aromatic carbocycles. The zero-order valence-electron chi connectivity index (χ0n) is 9.50. The van der Waals surface area contributed by atoms with E-state index in [-0.39, 0.29) is 17.6 Å². The molecule has 0 unspecified atom stereocenters. The molecular weight excluding hydrogens is 292 g/mol. The summed E-state index contributed by atoms with van der Waals surface area (Å²) >= 11 is 4.00. The van der Waals surface area contributed by atoms with Crippen molar-refractivity contribution in [3.63, 3.8) is 0 Å². The number of nitrogens with zero attached hydrogens (tertiary/aromatic N) is 3. The van der Waals surface area contributed by atoms with Crippen molar-refractivity contribution in [1.29, 1.82) is 0 Å². The topological polar surface area (TPSA) is 84.3 Å². The van der Waals surface area contributed by atoms with Crippen LogP contribution in [-0.2, 0) is 16.0 Å². The Morgan fingerprint density at radius 2 is 2.33 bits per heavy atom. The minimum atomic E-state index is -0.165. The number of thioether (sulfide) groups is 2. The van der Waals surface area contributed by atoms with Crippen LogP contribution in [0.2, 0.25) is 0 Å². The molecule has 1 aromatic rings. The first-order valence-corrected chi connectivity index (χ1v) is 7.95. The number of hydrogen-bond donors (Lipinski definition) is 1. The summed E-state index contributed by atoms with van der Waals surface area (Å²) < 4.78 is 0.654. The van der Waals surface area contributed by atoms with Crippen LogP contribution in [0.25, 0.3) is 0 Å². The number of aromatic nitrogens is 2. The molecule has 0 atom stereocenters. The highest BCUT2D eigenvalue weighted by Gasteiger charge is 2.16. The van der Waals surface area contributed by atoms with Crippen molar-refractivity contribution in [2.75, 3.05) is 16.8 Å². The maximum atomic E-state index is 11.6. The Morgan fingerprint density at radius 3 is 2.94 bits per heavy atom. The molecule has 2 rings (SSSR count). The van der Waals surface area contributed by atoms with E-state index in [0.717, 1.165) is 11.4 Å². The van der Waals surface area contributed by atoms with E-state index in [1.165, 1.54) is 34.9 Å². The van der Waals surface area contributed by atoms with Gasteiger partial charge in [0, 0.05) is 0 Å². The minimum absolute atomic E-state index is 0.139. The van der Waals surface area contributed by atoms with E-state index in [4.69, 9.17) is 0 Å². The van der Waals surface area contributed by atoms with Crippen LogP contribution in [0.4, 0.5) is 5.13 Å². The number of aliphatic imine (C=N–C) groups is 1. The molecule has 1 aliphatic heterocycles. The maximum absolute atomic E-state index is 11.6. The monoisotopic (exact) mass is 302 g/mol. The molecule has 0 radical (unpaired) electrons. The number of carbonyl (C=O) groups is 2. The van der Waals surface area contributed by atoms with Gasteiger partial charge >= 0.3 is 0 Å². The molecule has 0 fully saturated rings. The maximum Gasteiger partial charge on any atom is 0.257 e. The number of hydrogen-bond acceptors (Lipinski definition) is 7. The van der Waals surface area contributed by atoms with Gasteiger partial charge in [-0.1, -0.05) is 41.8 Å². The summed E-state index contributed by atoms with van der Waals surface area (Å²) in [7, 11) is 0. The summed E-state index contributed by atoms with van der Waals surface area (Å²) in [4.78, 5) is 26.3. The molecule has 1 aliphatic rings. The van der Waals surface area contributed by atoms with Crippen molar-refractivity contribution in [2.24, 2.45) is 4.99 Å². The predicted molar refractivity (Wildman–Crippen MR) is 75.3 cm³/mol. The van der Waals surface area contributed by atoms with Crippen LogP contribution >= 0.6 is 34.9 Å². The molecule has 9 heteroatoms. The van der Waals surface area contributed by atoms with Crippen LogP contribution in [0.1, 0.15) is 11.9 Å². The number of carbonyl (C=O) groups excluding carboxylic acids is 2. The van der Waals surface area contributed by atoms with Gasteiger partial charge in [0.15, 0.2) is 0 Å². The van der Waals surface area contributed by atoms with E-state index in [1.807, 2.05) is 6.92 Å². The minimum Gasteiger partial charge on any atom is -0.300 e. The molecule has 1 aromatic heterocycles. The molecule has 2 amide bonds. The first kappa shape index (κ1) is 13.5. The highest BCUT2D eigenvalue weighted by Crippen LogP contribution is 2.23. The first-order valence-electron chi connectivity index (χ1n) is 5.16. The lowest BCUT2D eigenvalue weighted by Gasteiger charge is -1.99. The molecule has 0 bridgehead atoms. The quantitative estimate of drug-likeness (QED) is 0.905. The van der Waals surface area contributed by atoms with Crippen LogP contribution < -0.4 is 5.32 Å². The second-order valence-electron chi connectivity index (χ2n) is 3.25. The van der Waals surface area contributed by atoms with Crippen molar-refractivity contribution in [3.05, 3.63) is 5.01 Å². The Labute approximate surface area is 116 Å². The summed E-state index contributed by atoms with van der Waals surface area (Å²) in [5.41, 5.74) is 0. The van der Waals surface area contributed by atoms with E-state index in [0.29, 0.717) is 15.3 Å². The molecule has 18 heavy (non-hydrogen) atoms. The van der Waals surface area contributed by atoms with Gasteiger partial charge in [-0.25, -0.2) is 0 Å². The van der Waals surface area contributed by atoms with E-state index < -0.39 is 0 Å². The van der Waals surface area contributed by atoms with Gasteiger partial charge in [0.1, 0.15) is 9.38 Å². The van der Waals surface area contributed by atoms with E-state index >= 15 is 0 Å². The van der Waals surface area contributed by atoms with Gasteiger partial charge in [-0.3, -0.25) is 14.9 Å². The van der Waals surface area contributed by atoms with Crippen LogP contribution in [-0.4, -0.2) is 37.9 Å². The van der Waals surface area contributed by atoms with E-state index in [1.54, 1.807) is 0 Å². The second-order valence-corrected chi connectivity index (χ2v) is 6.50. The predicted octanol–water partition coefficient (Wildman–Crippen LogP) is 1.40. The van der Waals surface area contributed by atoms with Crippen molar-refractivity contribution in [3.8, 4) is 0 Å². The zero-order chi connectivity index (χ0) is 13.0. The lowest BCUT2D eigenvalue weighted by molar-refractivity contribution is -0.115. The molecule has 0 saturated carbocycles. The van der Waals surface area contributed by atoms with Gasteiger partial charge in [0.25, 0.3) is 5.91 Å². The molecule has 0 aliphatic carbocycles. The first-order chi connectivity index (χ1) is 8.67. The number of anilines is 1. The van der Waals surface area contributed by atoms with Crippen LogP contribution in [0.15, 0.2) is 4.99 Å². The Morgan fingerprint density at radius 1 is 1.50 bits per heavy atom. The van der Waals surface area contributed by atoms with Gasteiger partial charge in [0.2, 0.25) is 11.0 Å². The average Bonchev–Trinajstić information content (AvgIpc) is 2.95. The Bertz CT molecular complexity index is 500. The van der Waals surface area contributed by atoms with E-state index in [2.05, 4.69) is 20.5 Å². The molecule has 2 heterocycles. The molecule has 1 N–H and O–H groups in total. The van der Waals surface area contributed by atoms with Crippen LogP contribution in [0.3, 0.4) is 0 Å². The molecule has 96 valence electrons. The van der Waals surface area contributed by atoms with Gasteiger partial charge in [0.05, 0.1) is 11.5 Å². The fourth-order valence-corrected chi connectivity index (χ4v) is 3.45. The highest BCUT2D eigenvalue weighted by molar-refractivity contribution is 8.39. The summed E-state index contributed by atoms with van der Waals surface area (Å²) in [5, 5.41) is 11.8. The van der Waals surface area contributed by atoms with Crippen LogP contribution in [0, 0.1) is 0 Å². The van der Waals surface area contributed by atoms with Crippen molar-refractivity contribution < 1.29 is 9.59 Å². The zero-order valence-corrected chi connectivity index (χ0v) is 12.0. The second kappa shape index (κ2) is 6.30. The Kier molecular flexibility index (Phi) is 4.72. The fraction of sp³-hybridized carbons (Fsp3) is 0.444. The number of amides is 2. The van der Waals surface area contributed by atoms with Gasteiger partial charge in [-0.15, -0.1) is 10.2 Å². The standard InChI is InChI=1S/C9H10N4O2S3/c1-2-7-12-13-8(18-7)10-5(14)3-16-9-11-6(15)4-17-9/h2-4H2,1H3,(H,10,13,14). The Balaban J connectivity index is 1.78. The lowest BCUT2D eigenvalue weighted by Crippen LogP contribution is -2.14. The largest absolute Gasteiger partial charge is 0.300 e. The molecular formula is C9H10N4O2S3. The average molecular weight is 302 g/mol. The van der Waals surface area contributed by atoms with Gasteiger partial charge in [-0.05, 0) is 6.42 Å².